The third kappa shape index (κ3) is 1.78. The van der Waals surface area contributed by atoms with E-state index in [1.807, 2.05) is 12.4 Å². The zero-order valence-electron chi connectivity index (χ0n) is 9.10. The highest BCUT2D eigenvalue weighted by Crippen LogP contribution is 2.37. The Balaban J connectivity index is 1.86. The van der Waals surface area contributed by atoms with Gasteiger partial charge in [0.25, 0.3) is 0 Å². The summed E-state index contributed by atoms with van der Waals surface area (Å²) >= 11 is 0. The first-order valence-electron chi connectivity index (χ1n) is 6.07. The molecule has 1 aromatic heterocycles. The second-order valence-corrected chi connectivity index (χ2v) is 4.86. The molecule has 3 aliphatic rings. The number of rotatable bonds is 1. The first kappa shape index (κ1) is 9.34. The molecule has 2 nitrogen and oxygen atoms in total. The minimum absolute atomic E-state index is 0.645. The number of fused-ring (bicyclic) bond motifs is 4. The van der Waals surface area contributed by atoms with Crippen molar-refractivity contribution in [3.05, 3.63) is 30.1 Å². The Morgan fingerprint density at radius 3 is 2.73 bits per heavy atom. The van der Waals surface area contributed by atoms with E-state index in [-0.39, 0.29) is 0 Å². The third-order valence-electron chi connectivity index (χ3n) is 4.01. The number of piperidine rings is 1. The molecule has 2 heteroatoms. The number of hydrogen-bond donors (Lipinski definition) is 0. The molecule has 1 unspecified atom stereocenters. The van der Waals surface area contributed by atoms with Crippen molar-refractivity contribution in [3.63, 3.8) is 0 Å². The van der Waals surface area contributed by atoms with Gasteiger partial charge in [-0.15, -0.1) is 0 Å². The fraction of sp³-hybridized carbons (Fsp3) is 0.615. The van der Waals surface area contributed by atoms with Crippen LogP contribution in [0.1, 0.15) is 37.3 Å². The van der Waals surface area contributed by atoms with Crippen LogP contribution >= 0.6 is 0 Å². The fourth-order valence-corrected chi connectivity index (χ4v) is 3.08. The molecule has 3 fully saturated rings. The monoisotopic (exact) mass is 202 g/mol. The quantitative estimate of drug-likeness (QED) is 0.696. The number of hydrogen-bond acceptors (Lipinski definition) is 2. The second kappa shape index (κ2) is 3.93. The van der Waals surface area contributed by atoms with Gasteiger partial charge in [0.1, 0.15) is 0 Å². The summed E-state index contributed by atoms with van der Waals surface area (Å²) in [5, 5.41) is 0. The van der Waals surface area contributed by atoms with Gasteiger partial charge in [-0.25, -0.2) is 0 Å². The van der Waals surface area contributed by atoms with E-state index in [0.29, 0.717) is 6.04 Å². The summed E-state index contributed by atoms with van der Waals surface area (Å²) in [6, 6.07) is 4.94. The number of pyridine rings is 1. The molecule has 1 atom stereocenters. The van der Waals surface area contributed by atoms with E-state index in [0.717, 1.165) is 5.92 Å². The molecule has 4 heterocycles. The normalized spacial score (nSPS) is 35.1. The van der Waals surface area contributed by atoms with Crippen molar-refractivity contribution >= 4 is 0 Å². The number of aromatic nitrogens is 1. The van der Waals surface area contributed by atoms with Crippen LogP contribution in [-0.2, 0) is 0 Å². The standard InChI is InChI=1S/C13H18N2/c1-2-12(10-14-7-1)13-4-3-11-5-8-15(13)9-6-11/h1-2,7,10-11,13H,3-6,8-9H2. The summed E-state index contributed by atoms with van der Waals surface area (Å²) in [5.41, 5.74) is 1.42. The molecule has 15 heavy (non-hydrogen) atoms. The molecule has 0 amide bonds. The summed E-state index contributed by atoms with van der Waals surface area (Å²) in [6.45, 7) is 2.59. The highest BCUT2D eigenvalue weighted by atomic mass is 15.2. The van der Waals surface area contributed by atoms with E-state index >= 15 is 0 Å². The van der Waals surface area contributed by atoms with Crippen molar-refractivity contribution in [1.82, 2.24) is 9.88 Å². The maximum atomic E-state index is 4.25. The van der Waals surface area contributed by atoms with Crippen LogP contribution in [0, 0.1) is 5.92 Å². The van der Waals surface area contributed by atoms with E-state index in [2.05, 4.69) is 22.0 Å². The van der Waals surface area contributed by atoms with Crippen LogP contribution in [0.15, 0.2) is 24.5 Å². The highest BCUT2D eigenvalue weighted by molar-refractivity contribution is 5.15. The predicted molar refractivity (Wildman–Crippen MR) is 60.5 cm³/mol. The molecule has 0 radical (unpaired) electrons. The van der Waals surface area contributed by atoms with Crippen LogP contribution in [0.5, 0.6) is 0 Å². The summed E-state index contributed by atoms with van der Waals surface area (Å²) in [5.74, 6) is 1.00. The Bertz CT molecular complexity index is 315. The van der Waals surface area contributed by atoms with Crippen LogP contribution in [-0.4, -0.2) is 23.0 Å². The van der Waals surface area contributed by atoms with Gasteiger partial charge >= 0.3 is 0 Å². The van der Waals surface area contributed by atoms with Crippen LogP contribution < -0.4 is 0 Å². The van der Waals surface area contributed by atoms with E-state index in [1.54, 1.807) is 0 Å². The van der Waals surface area contributed by atoms with E-state index in [4.69, 9.17) is 0 Å². The summed E-state index contributed by atoms with van der Waals surface area (Å²) in [7, 11) is 0. The van der Waals surface area contributed by atoms with Gasteiger partial charge in [0, 0.05) is 18.4 Å². The van der Waals surface area contributed by atoms with E-state index < -0.39 is 0 Å². The van der Waals surface area contributed by atoms with Gasteiger partial charge in [0.2, 0.25) is 0 Å². The van der Waals surface area contributed by atoms with Crippen LogP contribution in [0.2, 0.25) is 0 Å². The molecule has 0 aromatic carbocycles. The Kier molecular flexibility index (Phi) is 2.45. The molecule has 80 valence electrons. The van der Waals surface area contributed by atoms with Crippen molar-refractivity contribution < 1.29 is 0 Å². The van der Waals surface area contributed by atoms with E-state index in [1.165, 1.54) is 44.3 Å². The molecular formula is C13H18N2. The third-order valence-corrected chi connectivity index (χ3v) is 4.01. The molecule has 3 saturated heterocycles. The zero-order valence-corrected chi connectivity index (χ0v) is 9.10. The Labute approximate surface area is 91.3 Å². The largest absolute Gasteiger partial charge is 0.296 e. The van der Waals surface area contributed by atoms with Crippen molar-refractivity contribution in [1.29, 1.82) is 0 Å². The van der Waals surface area contributed by atoms with Gasteiger partial charge in [-0.3, -0.25) is 9.88 Å². The summed E-state index contributed by atoms with van der Waals surface area (Å²) < 4.78 is 0. The molecule has 2 bridgehead atoms. The first-order chi connectivity index (χ1) is 7.43. The smallest absolute Gasteiger partial charge is 0.0363 e. The predicted octanol–water partition coefficient (Wildman–Crippen LogP) is 2.63. The molecule has 0 saturated carbocycles. The highest BCUT2D eigenvalue weighted by Gasteiger charge is 2.30. The fourth-order valence-electron chi connectivity index (χ4n) is 3.08. The Morgan fingerprint density at radius 1 is 1.13 bits per heavy atom. The Hall–Kier alpha value is -0.890. The maximum Gasteiger partial charge on any atom is 0.0363 e. The SMILES string of the molecule is c1cncc(C2CCC3CCN2CC3)c1. The zero-order chi connectivity index (χ0) is 10.1. The molecule has 0 spiro atoms. The topological polar surface area (TPSA) is 16.1 Å². The lowest BCUT2D eigenvalue weighted by molar-refractivity contribution is 0.170. The molecule has 1 aromatic rings. The average Bonchev–Trinajstić information content (AvgIpc) is 2.63. The second-order valence-electron chi connectivity index (χ2n) is 4.86. The van der Waals surface area contributed by atoms with E-state index in [9.17, 15) is 0 Å². The molecule has 3 aliphatic heterocycles. The lowest BCUT2D eigenvalue weighted by Gasteiger charge is -2.32. The Morgan fingerprint density at radius 2 is 2.00 bits per heavy atom. The van der Waals surface area contributed by atoms with Gasteiger partial charge in [-0.2, -0.15) is 0 Å². The van der Waals surface area contributed by atoms with Crippen molar-refractivity contribution in [2.45, 2.75) is 31.7 Å². The summed E-state index contributed by atoms with van der Waals surface area (Å²) in [6.07, 6.45) is 9.48. The van der Waals surface area contributed by atoms with Crippen molar-refractivity contribution in [2.75, 3.05) is 13.1 Å². The average molecular weight is 202 g/mol. The van der Waals surface area contributed by atoms with Gasteiger partial charge in [0.05, 0.1) is 0 Å². The van der Waals surface area contributed by atoms with Crippen molar-refractivity contribution in [3.8, 4) is 0 Å². The van der Waals surface area contributed by atoms with Gasteiger partial charge in [-0.05, 0) is 56.3 Å². The first-order valence-corrected chi connectivity index (χ1v) is 6.07. The van der Waals surface area contributed by atoms with Gasteiger partial charge < -0.3 is 0 Å². The molecule has 0 aliphatic carbocycles. The van der Waals surface area contributed by atoms with Crippen LogP contribution in [0.3, 0.4) is 0 Å². The van der Waals surface area contributed by atoms with Gasteiger partial charge in [0.15, 0.2) is 0 Å². The minimum Gasteiger partial charge on any atom is -0.296 e. The minimum atomic E-state index is 0.645. The van der Waals surface area contributed by atoms with Gasteiger partial charge in [-0.1, -0.05) is 6.07 Å². The van der Waals surface area contributed by atoms with Crippen LogP contribution in [0.25, 0.3) is 0 Å². The number of nitrogens with zero attached hydrogens (tertiary/aromatic N) is 2. The lowest BCUT2D eigenvalue weighted by Crippen LogP contribution is -2.33. The molecular weight excluding hydrogens is 184 g/mol. The molecule has 0 N–H and O–H groups in total. The molecule has 4 rings (SSSR count). The maximum absolute atomic E-state index is 4.25. The van der Waals surface area contributed by atoms with Crippen LogP contribution in [0.4, 0.5) is 0 Å². The lowest BCUT2D eigenvalue weighted by atomic mass is 9.95. The summed E-state index contributed by atoms with van der Waals surface area (Å²) in [4.78, 5) is 6.90. The van der Waals surface area contributed by atoms with Crippen molar-refractivity contribution in [2.24, 2.45) is 5.92 Å².